The van der Waals surface area contributed by atoms with Crippen molar-refractivity contribution in [2.24, 2.45) is 5.92 Å². The van der Waals surface area contributed by atoms with Crippen LogP contribution in [0.3, 0.4) is 0 Å². The number of carbonyl (C=O) groups excluding carboxylic acids is 1. The molecule has 1 aromatic heterocycles. The van der Waals surface area contributed by atoms with Crippen molar-refractivity contribution in [2.75, 3.05) is 19.6 Å². The van der Waals surface area contributed by atoms with Crippen LogP contribution in [0.1, 0.15) is 43.9 Å². The Kier molecular flexibility index (Phi) is 6.78. The van der Waals surface area contributed by atoms with Crippen molar-refractivity contribution in [1.29, 1.82) is 0 Å². The van der Waals surface area contributed by atoms with Crippen LogP contribution in [0, 0.1) is 18.7 Å². The first-order valence-corrected chi connectivity index (χ1v) is 10.1. The topological polar surface area (TPSA) is 65.1 Å². The molecule has 0 unspecified atom stereocenters. The molecular weight excluding hydrogens is 357 g/mol. The molecule has 2 aromatic rings. The molecule has 1 amide bonds. The number of halogens is 1. The van der Waals surface area contributed by atoms with Gasteiger partial charge in [0.15, 0.2) is 5.82 Å². The lowest BCUT2D eigenvalue weighted by Gasteiger charge is -2.34. The van der Waals surface area contributed by atoms with Gasteiger partial charge in [-0.05, 0) is 37.0 Å². The van der Waals surface area contributed by atoms with Crippen molar-refractivity contribution < 1.29 is 9.18 Å². The van der Waals surface area contributed by atoms with Gasteiger partial charge in [0, 0.05) is 45.1 Å². The van der Waals surface area contributed by atoms with E-state index < -0.39 is 0 Å². The lowest BCUT2D eigenvalue weighted by molar-refractivity contribution is -0.131. The highest BCUT2D eigenvalue weighted by atomic mass is 19.1. The lowest BCUT2D eigenvalue weighted by atomic mass is 10.0. The van der Waals surface area contributed by atoms with Crippen LogP contribution in [-0.4, -0.2) is 56.6 Å². The smallest absolute Gasteiger partial charge is 0.223 e. The molecule has 152 valence electrons. The van der Waals surface area contributed by atoms with Crippen LogP contribution < -0.4 is 0 Å². The number of nitrogens with one attached hydrogen (secondary N) is 1. The molecule has 1 atom stereocenters. The number of aromatic amines is 1. The maximum Gasteiger partial charge on any atom is 0.223 e. The molecule has 6 nitrogen and oxygen atoms in total. The second-order valence-corrected chi connectivity index (χ2v) is 7.94. The van der Waals surface area contributed by atoms with Crippen molar-refractivity contribution in [3.63, 3.8) is 0 Å². The number of rotatable bonds is 6. The summed E-state index contributed by atoms with van der Waals surface area (Å²) in [7, 11) is 0. The summed E-state index contributed by atoms with van der Waals surface area (Å²) < 4.78 is 13.2. The zero-order valence-corrected chi connectivity index (χ0v) is 17.0. The van der Waals surface area contributed by atoms with Gasteiger partial charge >= 0.3 is 0 Å². The van der Waals surface area contributed by atoms with E-state index >= 15 is 0 Å². The third-order valence-corrected chi connectivity index (χ3v) is 5.38. The minimum atomic E-state index is -0.210. The summed E-state index contributed by atoms with van der Waals surface area (Å²) in [5, 5.41) is 6.94. The first-order chi connectivity index (χ1) is 13.4. The van der Waals surface area contributed by atoms with Crippen molar-refractivity contribution in [3.05, 3.63) is 47.3 Å². The quantitative estimate of drug-likeness (QED) is 0.828. The predicted molar refractivity (Wildman–Crippen MR) is 106 cm³/mol. The summed E-state index contributed by atoms with van der Waals surface area (Å²) >= 11 is 0. The molecule has 1 N–H and O–H groups in total. The average molecular weight is 388 g/mol. The van der Waals surface area contributed by atoms with E-state index in [4.69, 9.17) is 0 Å². The number of nitrogens with zero attached hydrogens (tertiary/aromatic N) is 4. The lowest BCUT2D eigenvalue weighted by Crippen LogP contribution is -2.45. The molecule has 0 saturated carbocycles. The fourth-order valence-electron chi connectivity index (χ4n) is 3.82. The van der Waals surface area contributed by atoms with Crippen molar-refractivity contribution in [2.45, 2.75) is 52.6 Å². The van der Waals surface area contributed by atoms with Crippen LogP contribution in [0.5, 0.6) is 0 Å². The second-order valence-electron chi connectivity index (χ2n) is 7.94. The Labute approximate surface area is 166 Å². The Morgan fingerprint density at radius 1 is 1.29 bits per heavy atom. The van der Waals surface area contributed by atoms with Crippen LogP contribution in [-0.2, 0) is 17.8 Å². The Balaban J connectivity index is 1.62. The van der Waals surface area contributed by atoms with Gasteiger partial charge in [-0.15, -0.1) is 0 Å². The number of benzene rings is 1. The van der Waals surface area contributed by atoms with E-state index in [1.165, 1.54) is 12.1 Å². The molecule has 28 heavy (non-hydrogen) atoms. The van der Waals surface area contributed by atoms with E-state index in [1.54, 1.807) is 0 Å². The van der Waals surface area contributed by atoms with E-state index in [9.17, 15) is 9.18 Å². The third kappa shape index (κ3) is 5.38. The van der Waals surface area contributed by atoms with E-state index in [0.29, 0.717) is 24.6 Å². The first-order valence-electron chi connectivity index (χ1n) is 10.1. The fourth-order valence-corrected chi connectivity index (χ4v) is 3.82. The van der Waals surface area contributed by atoms with Gasteiger partial charge in [-0.1, -0.05) is 26.0 Å². The largest absolute Gasteiger partial charge is 0.341 e. The van der Waals surface area contributed by atoms with E-state index in [2.05, 4.69) is 33.9 Å². The summed E-state index contributed by atoms with van der Waals surface area (Å²) in [6.45, 7) is 9.47. The van der Waals surface area contributed by atoms with Gasteiger partial charge in [-0.25, -0.2) is 9.37 Å². The predicted octanol–water partition coefficient (Wildman–Crippen LogP) is 2.94. The molecule has 3 rings (SSSR count). The third-order valence-electron chi connectivity index (χ3n) is 5.38. The van der Waals surface area contributed by atoms with Gasteiger partial charge < -0.3 is 4.90 Å². The van der Waals surface area contributed by atoms with E-state index in [-0.39, 0.29) is 17.8 Å². The van der Waals surface area contributed by atoms with Crippen molar-refractivity contribution >= 4 is 5.91 Å². The number of hydrogen-bond donors (Lipinski definition) is 1. The van der Waals surface area contributed by atoms with Gasteiger partial charge in [0.05, 0.1) is 0 Å². The maximum absolute atomic E-state index is 13.2. The SMILES string of the molecule is Cc1nc(CCC(=O)N2CCCN(Cc3ccc(F)cc3)[C@@H](C(C)C)C2)n[nH]1. The van der Waals surface area contributed by atoms with Gasteiger partial charge in [-0.2, -0.15) is 5.10 Å². The molecule has 0 radical (unpaired) electrons. The van der Waals surface area contributed by atoms with Gasteiger partial charge in [0.25, 0.3) is 0 Å². The zero-order chi connectivity index (χ0) is 20.1. The van der Waals surface area contributed by atoms with E-state index in [1.807, 2.05) is 24.0 Å². The zero-order valence-electron chi connectivity index (χ0n) is 17.0. The monoisotopic (exact) mass is 387 g/mol. The van der Waals surface area contributed by atoms with Crippen molar-refractivity contribution in [1.82, 2.24) is 25.0 Å². The summed E-state index contributed by atoms with van der Waals surface area (Å²) in [5.41, 5.74) is 1.10. The number of aryl methyl sites for hydroxylation is 2. The molecule has 1 aromatic carbocycles. The normalized spacial score (nSPS) is 18.5. The number of aromatic nitrogens is 3. The molecule has 1 fully saturated rings. The molecule has 0 aliphatic carbocycles. The molecular formula is C21H30FN5O. The van der Waals surface area contributed by atoms with Gasteiger partial charge in [0.1, 0.15) is 11.6 Å². The molecule has 7 heteroatoms. The van der Waals surface area contributed by atoms with Crippen molar-refractivity contribution in [3.8, 4) is 0 Å². The van der Waals surface area contributed by atoms with Crippen LogP contribution in [0.4, 0.5) is 4.39 Å². The van der Waals surface area contributed by atoms with Crippen LogP contribution in [0.25, 0.3) is 0 Å². The Bertz CT molecular complexity index is 773. The Morgan fingerprint density at radius 2 is 2.04 bits per heavy atom. The molecule has 1 aliphatic heterocycles. The summed E-state index contributed by atoms with van der Waals surface area (Å²) in [5.74, 6) is 1.84. The molecule has 0 spiro atoms. The first kappa shape index (κ1) is 20.5. The standard InChI is InChI=1S/C21H30FN5O/c1-15(2)19-14-27(21(28)10-9-20-23-16(3)24-25-20)12-4-11-26(19)13-17-5-7-18(22)8-6-17/h5-8,15,19H,4,9-14H2,1-3H3,(H,23,24,25)/t19-/m1/s1. The van der Waals surface area contributed by atoms with E-state index in [0.717, 1.165) is 44.0 Å². The average Bonchev–Trinajstić information content (AvgIpc) is 2.96. The van der Waals surface area contributed by atoms with Gasteiger partial charge in [-0.3, -0.25) is 14.8 Å². The summed E-state index contributed by atoms with van der Waals surface area (Å²) in [4.78, 5) is 21.5. The Hall–Kier alpha value is -2.28. The highest BCUT2D eigenvalue weighted by Crippen LogP contribution is 2.21. The number of H-pyrrole nitrogens is 1. The molecule has 1 aliphatic rings. The highest BCUT2D eigenvalue weighted by molar-refractivity contribution is 5.76. The highest BCUT2D eigenvalue weighted by Gasteiger charge is 2.29. The minimum Gasteiger partial charge on any atom is -0.341 e. The number of hydrogen-bond acceptors (Lipinski definition) is 4. The maximum atomic E-state index is 13.2. The van der Waals surface area contributed by atoms with Crippen LogP contribution >= 0.6 is 0 Å². The number of carbonyl (C=O) groups is 1. The fraction of sp³-hybridized carbons (Fsp3) is 0.571. The van der Waals surface area contributed by atoms with Gasteiger partial charge in [0.2, 0.25) is 5.91 Å². The second kappa shape index (κ2) is 9.28. The number of amides is 1. The molecule has 1 saturated heterocycles. The minimum absolute atomic E-state index is 0.164. The molecule has 0 bridgehead atoms. The summed E-state index contributed by atoms with van der Waals surface area (Å²) in [6, 6.07) is 7.00. The summed E-state index contributed by atoms with van der Waals surface area (Å²) in [6.07, 6.45) is 1.93. The Morgan fingerprint density at radius 3 is 2.68 bits per heavy atom. The van der Waals surface area contributed by atoms with Crippen LogP contribution in [0.2, 0.25) is 0 Å². The van der Waals surface area contributed by atoms with Crippen LogP contribution in [0.15, 0.2) is 24.3 Å². The molecule has 2 heterocycles.